The summed E-state index contributed by atoms with van der Waals surface area (Å²) in [6.07, 6.45) is 0.500. The molecule has 5 heteroatoms. The average Bonchev–Trinajstić information content (AvgIpc) is 2.36. The second kappa shape index (κ2) is 6.10. The third-order valence-electron chi connectivity index (χ3n) is 2.80. The minimum atomic E-state index is -0.402. The summed E-state index contributed by atoms with van der Waals surface area (Å²) in [6.45, 7) is 0. The predicted molar refractivity (Wildman–Crippen MR) is 78.5 cm³/mol. The Morgan fingerprint density at radius 3 is 2.32 bits per heavy atom. The van der Waals surface area contributed by atoms with Gasteiger partial charge in [-0.05, 0) is 47.9 Å². The van der Waals surface area contributed by atoms with E-state index in [2.05, 4.69) is 0 Å². The smallest absolute Gasteiger partial charge is 0.123 e. The van der Waals surface area contributed by atoms with Gasteiger partial charge >= 0.3 is 0 Å². The van der Waals surface area contributed by atoms with Gasteiger partial charge in [0.1, 0.15) is 5.82 Å². The summed E-state index contributed by atoms with van der Waals surface area (Å²) in [4.78, 5) is 0. The van der Waals surface area contributed by atoms with Crippen LogP contribution in [-0.2, 0) is 6.42 Å². The largest absolute Gasteiger partial charge is 0.324 e. The Balaban J connectivity index is 2.22. The van der Waals surface area contributed by atoms with Gasteiger partial charge in [-0.2, -0.15) is 0 Å². The van der Waals surface area contributed by atoms with Crippen LogP contribution in [0, 0.1) is 5.82 Å². The Bertz CT molecular complexity index is 601. The zero-order chi connectivity index (χ0) is 14.0. The molecule has 0 aromatic heterocycles. The van der Waals surface area contributed by atoms with E-state index in [1.165, 1.54) is 18.2 Å². The summed E-state index contributed by atoms with van der Waals surface area (Å²) >= 11 is 17.8. The van der Waals surface area contributed by atoms with Crippen molar-refractivity contribution in [3.8, 4) is 0 Å². The molecule has 0 saturated heterocycles. The molecule has 0 saturated carbocycles. The number of halogens is 4. The van der Waals surface area contributed by atoms with Crippen LogP contribution >= 0.6 is 34.8 Å². The van der Waals surface area contributed by atoms with Crippen molar-refractivity contribution in [2.75, 3.05) is 0 Å². The van der Waals surface area contributed by atoms with Crippen molar-refractivity contribution in [3.05, 3.63) is 68.4 Å². The normalized spacial score (nSPS) is 12.5. The van der Waals surface area contributed by atoms with Gasteiger partial charge in [0.15, 0.2) is 0 Å². The number of nitrogens with two attached hydrogens (primary N) is 1. The van der Waals surface area contributed by atoms with Crippen LogP contribution in [0.3, 0.4) is 0 Å². The van der Waals surface area contributed by atoms with E-state index in [-0.39, 0.29) is 5.82 Å². The minimum absolute atomic E-state index is 0.357. The molecule has 0 radical (unpaired) electrons. The number of hydrogen-bond donors (Lipinski definition) is 1. The standard InChI is InChI=1S/C14H11Cl3FN/c15-11-4-2-9(18)7-10(11)14(19)6-8-1-3-12(16)13(17)5-8/h1-5,7,14H,6,19H2. The maximum Gasteiger partial charge on any atom is 0.123 e. The number of benzene rings is 2. The lowest BCUT2D eigenvalue weighted by molar-refractivity contribution is 0.618. The predicted octanol–water partition coefficient (Wildman–Crippen LogP) is 5.03. The fourth-order valence-corrected chi connectivity index (χ4v) is 2.41. The molecule has 0 aliphatic heterocycles. The molecule has 2 rings (SSSR count). The Labute approximate surface area is 126 Å². The molecule has 2 aromatic carbocycles. The van der Waals surface area contributed by atoms with Crippen LogP contribution in [0.4, 0.5) is 4.39 Å². The molecule has 0 bridgehead atoms. The molecule has 2 aromatic rings. The Morgan fingerprint density at radius 2 is 1.63 bits per heavy atom. The third-order valence-corrected chi connectivity index (χ3v) is 3.88. The first-order chi connectivity index (χ1) is 8.97. The molecule has 0 aliphatic carbocycles. The third kappa shape index (κ3) is 3.61. The van der Waals surface area contributed by atoms with Gasteiger partial charge in [-0.25, -0.2) is 4.39 Å². The fourth-order valence-electron chi connectivity index (χ4n) is 1.83. The first-order valence-corrected chi connectivity index (χ1v) is 6.75. The van der Waals surface area contributed by atoms with Gasteiger partial charge in [0.05, 0.1) is 10.0 Å². The lowest BCUT2D eigenvalue weighted by Gasteiger charge is -2.14. The van der Waals surface area contributed by atoms with Crippen molar-refractivity contribution in [3.63, 3.8) is 0 Å². The molecule has 1 atom stereocenters. The minimum Gasteiger partial charge on any atom is -0.324 e. The van der Waals surface area contributed by atoms with Gasteiger partial charge in [0, 0.05) is 11.1 Å². The SMILES string of the molecule is NC(Cc1ccc(Cl)c(Cl)c1)c1cc(F)ccc1Cl. The van der Waals surface area contributed by atoms with E-state index in [1.54, 1.807) is 12.1 Å². The highest BCUT2D eigenvalue weighted by Crippen LogP contribution is 2.28. The van der Waals surface area contributed by atoms with Crippen molar-refractivity contribution < 1.29 is 4.39 Å². The Kier molecular flexibility index (Phi) is 4.69. The second-order valence-electron chi connectivity index (χ2n) is 4.22. The molecule has 0 spiro atoms. The van der Waals surface area contributed by atoms with Gasteiger partial charge in [-0.15, -0.1) is 0 Å². The first-order valence-electron chi connectivity index (χ1n) is 5.62. The molecule has 0 fully saturated rings. The van der Waals surface area contributed by atoms with Crippen LogP contribution in [0.25, 0.3) is 0 Å². The van der Waals surface area contributed by atoms with Crippen molar-refractivity contribution in [2.45, 2.75) is 12.5 Å². The lowest BCUT2D eigenvalue weighted by Crippen LogP contribution is -2.14. The van der Waals surface area contributed by atoms with Crippen LogP contribution in [0.15, 0.2) is 36.4 Å². The quantitative estimate of drug-likeness (QED) is 0.844. The van der Waals surface area contributed by atoms with Crippen molar-refractivity contribution in [1.82, 2.24) is 0 Å². The molecular weight excluding hydrogens is 308 g/mol. The molecule has 1 unspecified atom stereocenters. The summed E-state index contributed by atoms with van der Waals surface area (Å²) in [6, 6.07) is 9.04. The molecule has 0 aliphatic rings. The Hall–Kier alpha value is -0.800. The molecule has 2 N–H and O–H groups in total. The lowest BCUT2D eigenvalue weighted by atomic mass is 9.99. The van der Waals surface area contributed by atoms with Gasteiger partial charge < -0.3 is 5.73 Å². The van der Waals surface area contributed by atoms with Gasteiger partial charge in [0.25, 0.3) is 0 Å². The van der Waals surface area contributed by atoms with E-state index in [1.807, 2.05) is 6.07 Å². The Morgan fingerprint density at radius 1 is 0.947 bits per heavy atom. The molecule has 1 nitrogen and oxygen atoms in total. The van der Waals surface area contributed by atoms with E-state index in [4.69, 9.17) is 40.5 Å². The molecule has 0 amide bonds. The van der Waals surface area contributed by atoms with E-state index in [0.717, 1.165) is 5.56 Å². The van der Waals surface area contributed by atoms with E-state index < -0.39 is 6.04 Å². The van der Waals surface area contributed by atoms with E-state index in [9.17, 15) is 4.39 Å². The highest BCUT2D eigenvalue weighted by Gasteiger charge is 2.12. The monoisotopic (exact) mass is 317 g/mol. The summed E-state index contributed by atoms with van der Waals surface area (Å²) in [5.74, 6) is -0.357. The van der Waals surface area contributed by atoms with Crippen LogP contribution < -0.4 is 5.73 Å². The van der Waals surface area contributed by atoms with Gasteiger partial charge in [-0.3, -0.25) is 0 Å². The highest BCUT2D eigenvalue weighted by atomic mass is 35.5. The molecular formula is C14H11Cl3FN. The van der Waals surface area contributed by atoms with E-state index in [0.29, 0.717) is 27.1 Å². The number of hydrogen-bond acceptors (Lipinski definition) is 1. The van der Waals surface area contributed by atoms with Crippen molar-refractivity contribution >= 4 is 34.8 Å². The molecule has 0 heterocycles. The molecule has 100 valence electrons. The zero-order valence-electron chi connectivity index (χ0n) is 9.84. The van der Waals surface area contributed by atoms with Crippen LogP contribution in [0.2, 0.25) is 15.1 Å². The zero-order valence-corrected chi connectivity index (χ0v) is 12.1. The summed E-state index contributed by atoms with van der Waals surface area (Å²) in [5.41, 5.74) is 7.55. The summed E-state index contributed by atoms with van der Waals surface area (Å²) in [7, 11) is 0. The summed E-state index contributed by atoms with van der Waals surface area (Å²) in [5, 5.41) is 1.41. The highest BCUT2D eigenvalue weighted by molar-refractivity contribution is 6.42. The maximum atomic E-state index is 13.2. The van der Waals surface area contributed by atoms with Crippen LogP contribution in [0.5, 0.6) is 0 Å². The maximum absolute atomic E-state index is 13.2. The number of rotatable bonds is 3. The van der Waals surface area contributed by atoms with Crippen LogP contribution in [-0.4, -0.2) is 0 Å². The second-order valence-corrected chi connectivity index (χ2v) is 5.45. The summed E-state index contributed by atoms with van der Waals surface area (Å²) < 4.78 is 13.2. The van der Waals surface area contributed by atoms with E-state index >= 15 is 0 Å². The van der Waals surface area contributed by atoms with Crippen LogP contribution in [0.1, 0.15) is 17.2 Å². The van der Waals surface area contributed by atoms with Gasteiger partial charge in [-0.1, -0.05) is 40.9 Å². The topological polar surface area (TPSA) is 26.0 Å². The fraction of sp³-hybridized carbons (Fsp3) is 0.143. The average molecular weight is 319 g/mol. The molecule has 19 heavy (non-hydrogen) atoms. The van der Waals surface area contributed by atoms with Crippen molar-refractivity contribution in [1.29, 1.82) is 0 Å². The van der Waals surface area contributed by atoms with Gasteiger partial charge in [0.2, 0.25) is 0 Å². The van der Waals surface area contributed by atoms with Crippen molar-refractivity contribution in [2.24, 2.45) is 5.73 Å². The first kappa shape index (κ1) is 14.6.